The predicted molar refractivity (Wildman–Crippen MR) is 129 cm³/mol. The van der Waals surface area contributed by atoms with E-state index in [0.29, 0.717) is 12.0 Å². The second kappa shape index (κ2) is 9.53. The van der Waals surface area contributed by atoms with Crippen molar-refractivity contribution in [3.8, 4) is 11.1 Å². The Morgan fingerprint density at radius 2 is 1.62 bits per heavy atom. The van der Waals surface area contributed by atoms with Crippen LogP contribution >= 0.6 is 0 Å². The fourth-order valence-corrected chi connectivity index (χ4v) is 5.52. The average molecular weight is 428 g/mol. The van der Waals surface area contributed by atoms with Crippen LogP contribution in [-0.4, -0.2) is 58.2 Å². The summed E-state index contributed by atoms with van der Waals surface area (Å²) in [6, 6.07) is 24.6. The smallest absolute Gasteiger partial charge is 0.0593 e. The summed E-state index contributed by atoms with van der Waals surface area (Å²) in [6.07, 6.45) is 4.27. The van der Waals surface area contributed by atoms with Gasteiger partial charge in [-0.05, 0) is 61.7 Å². The fraction of sp³-hybridized carbons (Fsp3) is 0.393. The standard InChI is InChI=1S/C28H33N3O/c1-21-7-9-22(10-8-21)23-11-13-24(14-12-23)28-26-19-30(18-25-6-2-3-15-29-25)16-4-5-17-31(26)27(28)20-32/h2-3,6-15,26-28,32H,4-5,16-20H2,1H3/t26-,27-,28-/m0/s1. The molecule has 5 rings (SSSR count). The molecule has 2 aliphatic heterocycles. The minimum absolute atomic E-state index is 0.222. The molecule has 4 nitrogen and oxygen atoms in total. The van der Waals surface area contributed by atoms with Crippen molar-refractivity contribution in [1.29, 1.82) is 0 Å². The van der Waals surface area contributed by atoms with E-state index in [1.807, 2.05) is 12.3 Å². The van der Waals surface area contributed by atoms with Crippen LogP contribution in [0.1, 0.15) is 35.6 Å². The maximum absolute atomic E-state index is 10.2. The van der Waals surface area contributed by atoms with Gasteiger partial charge in [0.1, 0.15) is 0 Å². The van der Waals surface area contributed by atoms with Crippen molar-refractivity contribution in [2.75, 3.05) is 26.2 Å². The van der Waals surface area contributed by atoms with E-state index in [1.54, 1.807) is 0 Å². The van der Waals surface area contributed by atoms with Crippen LogP contribution in [0.3, 0.4) is 0 Å². The zero-order valence-electron chi connectivity index (χ0n) is 18.9. The SMILES string of the molecule is Cc1ccc(-c2ccc([C@@H]3[C@H](CO)N4CCCCN(Cc5ccccn5)C[C@@H]34)cc2)cc1. The van der Waals surface area contributed by atoms with Crippen LogP contribution < -0.4 is 0 Å². The fourth-order valence-electron chi connectivity index (χ4n) is 5.52. The van der Waals surface area contributed by atoms with E-state index in [-0.39, 0.29) is 12.6 Å². The van der Waals surface area contributed by atoms with Crippen LogP contribution in [-0.2, 0) is 6.54 Å². The Hall–Kier alpha value is -2.53. The number of nitrogens with zero attached hydrogens (tertiary/aromatic N) is 3. The predicted octanol–water partition coefficient (Wildman–Crippen LogP) is 4.48. The first-order chi connectivity index (χ1) is 15.7. The van der Waals surface area contributed by atoms with E-state index in [9.17, 15) is 5.11 Å². The summed E-state index contributed by atoms with van der Waals surface area (Å²) in [5.74, 6) is 0.372. The summed E-state index contributed by atoms with van der Waals surface area (Å²) >= 11 is 0. The van der Waals surface area contributed by atoms with Gasteiger partial charge in [0.2, 0.25) is 0 Å². The molecule has 32 heavy (non-hydrogen) atoms. The highest BCUT2D eigenvalue weighted by atomic mass is 16.3. The third kappa shape index (κ3) is 4.36. The number of aliphatic hydroxyl groups is 1. The molecule has 3 aromatic rings. The van der Waals surface area contributed by atoms with E-state index in [4.69, 9.17) is 0 Å². The summed E-state index contributed by atoms with van der Waals surface area (Å²) in [5, 5.41) is 10.2. The lowest BCUT2D eigenvalue weighted by atomic mass is 9.74. The van der Waals surface area contributed by atoms with E-state index in [0.717, 1.165) is 31.9 Å². The largest absolute Gasteiger partial charge is 0.395 e. The van der Waals surface area contributed by atoms with Crippen LogP contribution in [0.2, 0.25) is 0 Å². The van der Waals surface area contributed by atoms with Gasteiger partial charge in [0.25, 0.3) is 0 Å². The number of pyridine rings is 1. The maximum Gasteiger partial charge on any atom is 0.0593 e. The molecule has 2 fully saturated rings. The zero-order chi connectivity index (χ0) is 21.9. The van der Waals surface area contributed by atoms with Crippen LogP contribution in [0.5, 0.6) is 0 Å². The monoisotopic (exact) mass is 427 g/mol. The highest BCUT2D eigenvalue weighted by Gasteiger charge is 2.49. The van der Waals surface area contributed by atoms with Gasteiger partial charge in [-0.2, -0.15) is 0 Å². The van der Waals surface area contributed by atoms with Crippen LogP contribution in [0, 0.1) is 6.92 Å². The number of aliphatic hydroxyl groups excluding tert-OH is 1. The lowest BCUT2D eigenvalue weighted by molar-refractivity contribution is -0.0656. The Bertz CT molecular complexity index is 1000. The molecule has 1 aromatic heterocycles. The quantitative estimate of drug-likeness (QED) is 0.652. The molecular formula is C28H33N3O. The lowest BCUT2D eigenvalue weighted by Gasteiger charge is -2.57. The molecule has 0 aliphatic carbocycles. The molecule has 0 bridgehead atoms. The molecule has 0 radical (unpaired) electrons. The Kier molecular flexibility index (Phi) is 6.35. The lowest BCUT2D eigenvalue weighted by Crippen LogP contribution is -2.67. The van der Waals surface area contributed by atoms with Gasteiger partial charge in [0, 0.05) is 37.3 Å². The van der Waals surface area contributed by atoms with Crippen LogP contribution in [0.25, 0.3) is 11.1 Å². The molecule has 166 valence electrons. The minimum atomic E-state index is 0.222. The van der Waals surface area contributed by atoms with Gasteiger partial charge in [-0.1, -0.05) is 60.2 Å². The van der Waals surface area contributed by atoms with Gasteiger partial charge >= 0.3 is 0 Å². The normalized spacial score (nSPS) is 24.2. The third-order valence-corrected chi connectivity index (χ3v) is 7.25. The Morgan fingerprint density at radius 1 is 0.906 bits per heavy atom. The Balaban J connectivity index is 1.35. The van der Waals surface area contributed by atoms with E-state index in [1.165, 1.54) is 35.1 Å². The van der Waals surface area contributed by atoms with Crippen LogP contribution in [0.15, 0.2) is 72.9 Å². The number of benzene rings is 2. The summed E-state index contributed by atoms with van der Waals surface area (Å²) in [6.45, 7) is 6.47. The molecule has 2 saturated heterocycles. The minimum Gasteiger partial charge on any atom is -0.395 e. The van der Waals surface area contributed by atoms with E-state index < -0.39 is 0 Å². The Morgan fingerprint density at radius 3 is 2.31 bits per heavy atom. The number of aryl methyl sites for hydroxylation is 1. The van der Waals surface area contributed by atoms with Crippen molar-refractivity contribution in [1.82, 2.24) is 14.8 Å². The molecule has 0 unspecified atom stereocenters. The highest BCUT2D eigenvalue weighted by Crippen LogP contribution is 2.42. The molecule has 4 heteroatoms. The van der Waals surface area contributed by atoms with Crippen molar-refractivity contribution in [2.45, 2.75) is 44.3 Å². The third-order valence-electron chi connectivity index (χ3n) is 7.25. The summed E-state index contributed by atoms with van der Waals surface area (Å²) in [7, 11) is 0. The molecule has 0 saturated carbocycles. The average Bonchev–Trinajstić information content (AvgIpc) is 2.81. The van der Waals surface area contributed by atoms with Gasteiger partial charge < -0.3 is 5.11 Å². The van der Waals surface area contributed by atoms with Crippen LogP contribution in [0.4, 0.5) is 0 Å². The number of hydrogen-bond acceptors (Lipinski definition) is 4. The van der Waals surface area contributed by atoms with Crippen molar-refractivity contribution in [3.63, 3.8) is 0 Å². The second-order valence-electron chi connectivity index (χ2n) is 9.33. The van der Waals surface area contributed by atoms with Gasteiger partial charge in [-0.25, -0.2) is 0 Å². The van der Waals surface area contributed by atoms with Crippen molar-refractivity contribution in [3.05, 3.63) is 89.7 Å². The Labute approximate surface area is 191 Å². The van der Waals surface area contributed by atoms with E-state index >= 15 is 0 Å². The first-order valence-corrected chi connectivity index (χ1v) is 11.9. The van der Waals surface area contributed by atoms with Crippen molar-refractivity contribution in [2.24, 2.45) is 0 Å². The second-order valence-corrected chi connectivity index (χ2v) is 9.33. The first-order valence-electron chi connectivity index (χ1n) is 11.9. The van der Waals surface area contributed by atoms with Crippen molar-refractivity contribution < 1.29 is 5.11 Å². The van der Waals surface area contributed by atoms with Gasteiger partial charge in [-0.15, -0.1) is 0 Å². The van der Waals surface area contributed by atoms with Gasteiger partial charge in [0.15, 0.2) is 0 Å². The number of rotatable bonds is 5. The summed E-state index contributed by atoms with van der Waals surface area (Å²) in [4.78, 5) is 9.65. The number of aromatic nitrogens is 1. The van der Waals surface area contributed by atoms with E-state index in [2.05, 4.69) is 82.4 Å². The first kappa shape index (κ1) is 21.3. The molecule has 0 spiro atoms. The zero-order valence-corrected chi connectivity index (χ0v) is 18.9. The highest BCUT2D eigenvalue weighted by molar-refractivity contribution is 5.64. The van der Waals surface area contributed by atoms with Crippen molar-refractivity contribution >= 4 is 0 Å². The summed E-state index contributed by atoms with van der Waals surface area (Å²) < 4.78 is 0. The van der Waals surface area contributed by atoms with Gasteiger partial charge in [0.05, 0.1) is 12.3 Å². The molecular weight excluding hydrogens is 394 g/mol. The number of fused-ring (bicyclic) bond motifs is 1. The van der Waals surface area contributed by atoms with Gasteiger partial charge in [-0.3, -0.25) is 14.8 Å². The molecule has 3 atom stereocenters. The molecule has 3 heterocycles. The topological polar surface area (TPSA) is 39.6 Å². The molecule has 1 N–H and O–H groups in total. The molecule has 0 amide bonds. The number of hydrogen-bond donors (Lipinski definition) is 1. The maximum atomic E-state index is 10.2. The summed E-state index contributed by atoms with van der Waals surface area (Å²) in [5.41, 5.74) is 6.27. The molecule has 2 aliphatic rings. The molecule has 2 aromatic carbocycles.